The van der Waals surface area contributed by atoms with Crippen LogP contribution in [0.4, 0.5) is 5.95 Å². The Hall–Kier alpha value is -1.99. The first-order valence-corrected chi connectivity index (χ1v) is 9.67. The number of aromatic nitrogens is 3. The van der Waals surface area contributed by atoms with Crippen molar-refractivity contribution in [3.63, 3.8) is 0 Å². The number of hydrogen-bond acceptors (Lipinski definition) is 7. The van der Waals surface area contributed by atoms with Crippen molar-refractivity contribution < 1.29 is 9.63 Å². The van der Waals surface area contributed by atoms with Gasteiger partial charge in [0.1, 0.15) is 0 Å². The Morgan fingerprint density at radius 1 is 1.15 bits per heavy atom. The first-order valence-electron chi connectivity index (χ1n) is 9.67. The second-order valence-corrected chi connectivity index (χ2v) is 7.47. The van der Waals surface area contributed by atoms with E-state index in [9.17, 15) is 5.11 Å². The van der Waals surface area contributed by atoms with Gasteiger partial charge in [0.05, 0.1) is 24.4 Å². The number of hydrogen-bond donors (Lipinski definition) is 2. The van der Waals surface area contributed by atoms with Gasteiger partial charge in [-0.3, -0.25) is 4.90 Å². The van der Waals surface area contributed by atoms with Crippen molar-refractivity contribution in [2.24, 2.45) is 0 Å². The zero-order chi connectivity index (χ0) is 17.8. The van der Waals surface area contributed by atoms with Gasteiger partial charge in [-0.15, -0.1) is 0 Å². The zero-order valence-corrected chi connectivity index (χ0v) is 15.0. The molecule has 0 amide bonds. The predicted octanol–water partition coefficient (Wildman–Crippen LogP) is 2.56. The third-order valence-corrected chi connectivity index (χ3v) is 5.53. The summed E-state index contributed by atoms with van der Waals surface area (Å²) in [6.07, 6.45) is 10.2. The van der Waals surface area contributed by atoms with Gasteiger partial charge in [-0.1, -0.05) is 24.4 Å². The largest absolute Gasteiger partial charge is 0.390 e. The summed E-state index contributed by atoms with van der Waals surface area (Å²) in [6.45, 7) is 2.19. The molecule has 26 heavy (non-hydrogen) atoms. The van der Waals surface area contributed by atoms with Crippen molar-refractivity contribution >= 4 is 5.95 Å². The van der Waals surface area contributed by atoms with E-state index in [0.717, 1.165) is 24.4 Å². The van der Waals surface area contributed by atoms with E-state index < -0.39 is 6.10 Å². The first-order chi connectivity index (χ1) is 12.8. The maximum absolute atomic E-state index is 10.5. The number of rotatable bonds is 5. The molecule has 1 saturated carbocycles. The van der Waals surface area contributed by atoms with Crippen LogP contribution in [0.2, 0.25) is 0 Å². The van der Waals surface area contributed by atoms with Crippen molar-refractivity contribution in [1.82, 2.24) is 20.0 Å². The van der Waals surface area contributed by atoms with Gasteiger partial charge in [-0.25, -0.2) is 9.97 Å². The highest BCUT2D eigenvalue weighted by molar-refractivity contribution is 5.25. The molecular formula is C19H27N5O2. The topological polar surface area (TPSA) is 87.3 Å². The molecule has 2 fully saturated rings. The van der Waals surface area contributed by atoms with Gasteiger partial charge in [-0.05, 0) is 25.3 Å². The van der Waals surface area contributed by atoms with Gasteiger partial charge in [0.25, 0.3) is 0 Å². The monoisotopic (exact) mass is 357 g/mol. The lowest BCUT2D eigenvalue weighted by atomic mass is 9.87. The van der Waals surface area contributed by atoms with Crippen LogP contribution in [0.3, 0.4) is 0 Å². The highest BCUT2D eigenvalue weighted by Gasteiger charge is 2.29. The lowest BCUT2D eigenvalue weighted by molar-refractivity contribution is 0.0517. The smallest absolute Gasteiger partial charge is 0.222 e. The van der Waals surface area contributed by atoms with Crippen LogP contribution in [-0.4, -0.2) is 50.4 Å². The summed E-state index contributed by atoms with van der Waals surface area (Å²) < 4.78 is 5.57. The van der Waals surface area contributed by atoms with Crippen LogP contribution in [0.1, 0.15) is 55.9 Å². The summed E-state index contributed by atoms with van der Waals surface area (Å²) in [6, 6.07) is 3.87. The van der Waals surface area contributed by atoms with Crippen LogP contribution >= 0.6 is 0 Å². The molecule has 140 valence electrons. The lowest BCUT2D eigenvalue weighted by Gasteiger charge is -2.35. The molecule has 1 aliphatic heterocycles. The van der Waals surface area contributed by atoms with Crippen molar-refractivity contribution in [2.45, 2.75) is 63.1 Å². The quantitative estimate of drug-likeness (QED) is 0.850. The third-order valence-electron chi connectivity index (χ3n) is 5.53. The van der Waals surface area contributed by atoms with E-state index in [1.165, 1.54) is 32.1 Å². The maximum Gasteiger partial charge on any atom is 0.222 e. The molecule has 7 nitrogen and oxygen atoms in total. The summed E-state index contributed by atoms with van der Waals surface area (Å²) in [5.74, 6) is 2.03. The molecule has 2 aromatic heterocycles. The summed E-state index contributed by atoms with van der Waals surface area (Å²) in [5.41, 5.74) is 1.11. The maximum atomic E-state index is 10.5. The van der Waals surface area contributed by atoms with Gasteiger partial charge in [0, 0.05) is 37.5 Å². The molecule has 2 unspecified atom stereocenters. The van der Waals surface area contributed by atoms with Crippen molar-refractivity contribution in [3.8, 4) is 0 Å². The molecule has 0 radical (unpaired) electrons. The minimum atomic E-state index is -0.465. The Morgan fingerprint density at radius 3 is 2.73 bits per heavy atom. The van der Waals surface area contributed by atoms with E-state index in [1.54, 1.807) is 18.5 Å². The lowest BCUT2D eigenvalue weighted by Crippen LogP contribution is -2.49. The summed E-state index contributed by atoms with van der Waals surface area (Å²) in [7, 11) is 0. The normalized spacial score (nSPS) is 25.3. The van der Waals surface area contributed by atoms with Crippen LogP contribution in [0.25, 0.3) is 0 Å². The van der Waals surface area contributed by atoms with E-state index in [2.05, 4.69) is 31.4 Å². The SMILES string of the molecule is OC1CN(Cc2cc(C3CCCCC3)no2)CCC1Nc1ncccn1. The van der Waals surface area contributed by atoms with E-state index in [4.69, 9.17) is 4.52 Å². The number of likely N-dealkylation sites (tertiary alicyclic amines) is 1. The van der Waals surface area contributed by atoms with Gasteiger partial charge >= 0.3 is 0 Å². The van der Waals surface area contributed by atoms with Crippen LogP contribution < -0.4 is 5.32 Å². The fraction of sp³-hybridized carbons (Fsp3) is 0.632. The van der Waals surface area contributed by atoms with Crippen LogP contribution in [0, 0.1) is 0 Å². The summed E-state index contributed by atoms with van der Waals surface area (Å²) in [5, 5.41) is 18.0. The molecule has 0 spiro atoms. The number of piperidine rings is 1. The molecule has 2 N–H and O–H groups in total. The summed E-state index contributed by atoms with van der Waals surface area (Å²) in [4.78, 5) is 10.6. The fourth-order valence-electron chi connectivity index (χ4n) is 4.06. The van der Waals surface area contributed by atoms with Crippen molar-refractivity contribution in [1.29, 1.82) is 0 Å². The van der Waals surface area contributed by atoms with Gasteiger partial charge < -0.3 is 14.9 Å². The molecule has 7 heteroatoms. The van der Waals surface area contributed by atoms with Crippen LogP contribution in [0.15, 0.2) is 29.0 Å². The Bertz CT molecular complexity index is 686. The number of aliphatic hydroxyl groups excluding tert-OH is 1. The molecule has 0 bridgehead atoms. The molecule has 4 rings (SSSR count). The molecule has 2 atom stereocenters. The fourth-order valence-corrected chi connectivity index (χ4v) is 4.06. The number of nitrogens with one attached hydrogen (secondary N) is 1. The summed E-state index contributed by atoms with van der Waals surface area (Å²) >= 11 is 0. The van der Waals surface area contributed by atoms with Crippen LogP contribution in [0.5, 0.6) is 0 Å². The number of nitrogens with zero attached hydrogens (tertiary/aromatic N) is 4. The molecule has 1 aliphatic carbocycles. The third kappa shape index (κ3) is 4.22. The number of aliphatic hydroxyl groups is 1. The first kappa shape index (κ1) is 17.4. The van der Waals surface area contributed by atoms with Gasteiger partial charge in [0.15, 0.2) is 5.76 Å². The van der Waals surface area contributed by atoms with Gasteiger partial charge in [0.2, 0.25) is 5.95 Å². The number of anilines is 1. The van der Waals surface area contributed by atoms with E-state index in [-0.39, 0.29) is 6.04 Å². The zero-order valence-electron chi connectivity index (χ0n) is 15.0. The molecule has 1 saturated heterocycles. The average Bonchev–Trinajstić information content (AvgIpc) is 3.14. The van der Waals surface area contributed by atoms with E-state index in [1.807, 2.05) is 0 Å². The highest BCUT2D eigenvalue weighted by atomic mass is 16.5. The van der Waals surface area contributed by atoms with E-state index >= 15 is 0 Å². The standard InChI is InChI=1S/C19H27N5O2/c25-18-13-24(10-7-16(18)22-19-20-8-4-9-21-19)12-15-11-17(23-26-15)14-5-2-1-3-6-14/h4,8-9,11,14,16,18,25H,1-3,5-7,10,12-13H2,(H,20,21,22). The average molecular weight is 357 g/mol. The predicted molar refractivity (Wildman–Crippen MR) is 97.7 cm³/mol. The Balaban J connectivity index is 1.29. The Labute approximate surface area is 153 Å². The molecule has 2 aromatic rings. The molecule has 3 heterocycles. The van der Waals surface area contributed by atoms with Gasteiger partial charge in [-0.2, -0.15) is 0 Å². The van der Waals surface area contributed by atoms with Crippen molar-refractivity contribution in [3.05, 3.63) is 36.0 Å². The second-order valence-electron chi connectivity index (χ2n) is 7.47. The number of β-amino-alcohol motifs (C(OH)–C–C–N with tert-alkyl or cyclic N) is 1. The molecule has 2 aliphatic rings. The van der Waals surface area contributed by atoms with E-state index in [0.29, 0.717) is 25.0 Å². The minimum Gasteiger partial charge on any atom is -0.390 e. The molecular weight excluding hydrogens is 330 g/mol. The minimum absolute atomic E-state index is 0.0267. The van der Waals surface area contributed by atoms with Crippen LogP contribution in [-0.2, 0) is 6.54 Å². The van der Waals surface area contributed by atoms with Crippen molar-refractivity contribution in [2.75, 3.05) is 18.4 Å². The highest BCUT2D eigenvalue weighted by Crippen LogP contribution is 2.32. The molecule has 0 aromatic carbocycles. The Morgan fingerprint density at radius 2 is 1.96 bits per heavy atom. The second kappa shape index (κ2) is 8.14. The Kier molecular flexibility index (Phi) is 5.45.